The maximum atomic E-state index is 11.1. The van der Waals surface area contributed by atoms with E-state index in [1.54, 1.807) is 12.3 Å². The van der Waals surface area contributed by atoms with Crippen LogP contribution >= 0.6 is 0 Å². The summed E-state index contributed by atoms with van der Waals surface area (Å²) < 4.78 is 0. The molecule has 0 unspecified atom stereocenters. The molecule has 0 aliphatic rings. The van der Waals surface area contributed by atoms with Crippen molar-refractivity contribution in [3.63, 3.8) is 0 Å². The first kappa shape index (κ1) is 10.7. The number of nitrogens with two attached hydrogens (primary N) is 1. The summed E-state index contributed by atoms with van der Waals surface area (Å²) in [4.78, 5) is 19.2. The summed E-state index contributed by atoms with van der Waals surface area (Å²) >= 11 is 0. The van der Waals surface area contributed by atoms with E-state index >= 15 is 0 Å². The molecule has 0 aliphatic heterocycles. The van der Waals surface area contributed by atoms with Crippen LogP contribution in [0.5, 0.6) is 0 Å². The Bertz CT molecular complexity index is 342. The van der Waals surface area contributed by atoms with Crippen molar-refractivity contribution in [3.8, 4) is 0 Å². The van der Waals surface area contributed by atoms with Crippen LogP contribution < -0.4 is 5.90 Å². The van der Waals surface area contributed by atoms with Crippen molar-refractivity contribution in [2.24, 2.45) is 5.90 Å². The van der Waals surface area contributed by atoms with Crippen LogP contribution in [0.3, 0.4) is 0 Å². The Kier molecular flexibility index (Phi) is 2.86. The standard InChI is InChI=1S/C10H14N2O2/c1-10(2,3)8-4-7(5-12-6-8)9(13)14-11/h4-6H,11H2,1-3H3. The zero-order chi connectivity index (χ0) is 10.8. The average Bonchev–Trinajstić information content (AvgIpc) is 2.15. The predicted molar refractivity (Wildman–Crippen MR) is 52.5 cm³/mol. The van der Waals surface area contributed by atoms with Gasteiger partial charge < -0.3 is 4.84 Å². The molecule has 4 heteroatoms. The lowest BCUT2D eigenvalue weighted by molar-refractivity contribution is 0.0502. The summed E-state index contributed by atoms with van der Waals surface area (Å²) in [6.07, 6.45) is 3.16. The molecule has 4 nitrogen and oxygen atoms in total. The highest BCUT2D eigenvalue weighted by Gasteiger charge is 2.16. The summed E-state index contributed by atoms with van der Waals surface area (Å²) in [5, 5.41) is 0. The Hall–Kier alpha value is -1.42. The molecule has 0 aliphatic carbocycles. The number of pyridine rings is 1. The van der Waals surface area contributed by atoms with Gasteiger partial charge in [0.1, 0.15) is 0 Å². The van der Waals surface area contributed by atoms with E-state index in [0.29, 0.717) is 5.56 Å². The Morgan fingerprint density at radius 2 is 2.07 bits per heavy atom. The number of carbonyl (C=O) groups excluding carboxylic acids is 1. The second-order valence-corrected chi connectivity index (χ2v) is 4.12. The van der Waals surface area contributed by atoms with E-state index in [0.717, 1.165) is 5.56 Å². The highest BCUT2D eigenvalue weighted by molar-refractivity contribution is 5.88. The summed E-state index contributed by atoms with van der Waals surface area (Å²) in [5.74, 6) is 4.22. The Morgan fingerprint density at radius 3 is 2.57 bits per heavy atom. The number of hydrogen-bond acceptors (Lipinski definition) is 4. The van der Waals surface area contributed by atoms with Crippen LogP contribution in [-0.2, 0) is 10.3 Å². The smallest absolute Gasteiger partial charge is 0.358 e. The number of rotatable bonds is 1. The van der Waals surface area contributed by atoms with Crippen molar-refractivity contribution in [2.75, 3.05) is 0 Å². The Balaban J connectivity index is 3.08. The Labute approximate surface area is 83.0 Å². The molecule has 0 saturated carbocycles. The molecular formula is C10H14N2O2. The van der Waals surface area contributed by atoms with Gasteiger partial charge in [0.15, 0.2) is 0 Å². The third-order valence-corrected chi connectivity index (χ3v) is 1.95. The third-order valence-electron chi connectivity index (χ3n) is 1.95. The molecule has 0 spiro atoms. The lowest BCUT2D eigenvalue weighted by Crippen LogP contribution is -2.15. The third kappa shape index (κ3) is 2.29. The maximum Gasteiger partial charge on any atom is 0.358 e. The van der Waals surface area contributed by atoms with Crippen molar-refractivity contribution >= 4 is 5.97 Å². The quantitative estimate of drug-likeness (QED) is 0.686. The minimum atomic E-state index is -0.566. The van der Waals surface area contributed by atoms with E-state index in [9.17, 15) is 4.79 Å². The topological polar surface area (TPSA) is 65.2 Å². The molecule has 76 valence electrons. The van der Waals surface area contributed by atoms with Crippen LogP contribution in [0.1, 0.15) is 36.7 Å². The monoisotopic (exact) mass is 194 g/mol. The minimum absolute atomic E-state index is 0.0438. The molecule has 2 N–H and O–H groups in total. The first-order valence-corrected chi connectivity index (χ1v) is 4.32. The molecular weight excluding hydrogens is 180 g/mol. The predicted octanol–water partition coefficient (Wildman–Crippen LogP) is 1.41. The fourth-order valence-electron chi connectivity index (χ4n) is 1.03. The van der Waals surface area contributed by atoms with Gasteiger partial charge >= 0.3 is 5.97 Å². The molecule has 0 saturated heterocycles. The number of hydrogen-bond donors (Lipinski definition) is 1. The van der Waals surface area contributed by atoms with Gasteiger partial charge in [-0.05, 0) is 17.0 Å². The van der Waals surface area contributed by atoms with Crippen molar-refractivity contribution in [3.05, 3.63) is 29.6 Å². The summed E-state index contributed by atoms with van der Waals surface area (Å²) in [6, 6.07) is 1.74. The SMILES string of the molecule is CC(C)(C)c1cncc(C(=O)ON)c1. The molecule has 1 heterocycles. The lowest BCUT2D eigenvalue weighted by Gasteiger charge is -2.18. The first-order valence-electron chi connectivity index (χ1n) is 4.32. The largest absolute Gasteiger partial charge is 0.370 e. The van der Waals surface area contributed by atoms with Crippen LogP contribution in [0.2, 0.25) is 0 Å². The fraction of sp³-hybridized carbons (Fsp3) is 0.400. The van der Waals surface area contributed by atoms with Gasteiger partial charge in [-0.15, -0.1) is 0 Å². The molecule has 0 aromatic carbocycles. The van der Waals surface area contributed by atoms with Gasteiger partial charge in [0.2, 0.25) is 0 Å². The minimum Gasteiger partial charge on any atom is -0.370 e. The highest BCUT2D eigenvalue weighted by atomic mass is 16.7. The molecule has 0 atom stereocenters. The summed E-state index contributed by atoms with van der Waals surface area (Å²) in [5.41, 5.74) is 1.30. The van der Waals surface area contributed by atoms with Crippen LogP contribution in [0.4, 0.5) is 0 Å². The van der Waals surface area contributed by atoms with E-state index < -0.39 is 5.97 Å². The van der Waals surface area contributed by atoms with Crippen LogP contribution in [-0.4, -0.2) is 11.0 Å². The van der Waals surface area contributed by atoms with Gasteiger partial charge in [-0.2, -0.15) is 5.90 Å². The van der Waals surface area contributed by atoms with Gasteiger partial charge in [-0.1, -0.05) is 20.8 Å². The van der Waals surface area contributed by atoms with E-state index in [4.69, 9.17) is 5.90 Å². The van der Waals surface area contributed by atoms with Gasteiger partial charge in [0.25, 0.3) is 0 Å². The first-order chi connectivity index (χ1) is 6.45. The van der Waals surface area contributed by atoms with Crippen molar-refractivity contribution in [1.29, 1.82) is 0 Å². The maximum absolute atomic E-state index is 11.1. The molecule has 14 heavy (non-hydrogen) atoms. The van der Waals surface area contributed by atoms with Crippen LogP contribution in [0.25, 0.3) is 0 Å². The summed E-state index contributed by atoms with van der Waals surface area (Å²) in [7, 11) is 0. The number of nitrogens with zero attached hydrogens (tertiary/aromatic N) is 1. The second kappa shape index (κ2) is 3.75. The lowest BCUT2D eigenvalue weighted by atomic mass is 9.88. The fourth-order valence-corrected chi connectivity index (χ4v) is 1.03. The highest BCUT2D eigenvalue weighted by Crippen LogP contribution is 2.21. The van der Waals surface area contributed by atoms with Crippen LogP contribution in [0, 0.1) is 0 Å². The van der Waals surface area contributed by atoms with Crippen molar-refractivity contribution in [1.82, 2.24) is 4.98 Å². The van der Waals surface area contributed by atoms with Gasteiger partial charge in [-0.25, -0.2) is 4.79 Å². The molecule has 1 aromatic heterocycles. The molecule has 0 fully saturated rings. The van der Waals surface area contributed by atoms with Gasteiger partial charge in [0, 0.05) is 12.4 Å². The number of aromatic nitrogens is 1. The van der Waals surface area contributed by atoms with Gasteiger partial charge in [0.05, 0.1) is 5.56 Å². The number of carbonyl (C=O) groups is 1. The van der Waals surface area contributed by atoms with Crippen molar-refractivity contribution in [2.45, 2.75) is 26.2 Å². The average molecular weight is 194 g/mol. The second-order valence-electron chi connectivity index (χ2n) is 4.12. The van der Waals surface area contributed by atoms with E-state index in [1.165, 1.54) is 6.20 Å². The van der Waals surface area contributed by atoms with Gasteiger partial charge in [-0.3, -0.25) is 4.98 Å². The molecule has 1 aromatic rings. The van der Waals surface area contributed by atoms with Crippen LogP contribution in [0.15, 0.2) is 18.5 Å². The Morgan fingerprint density at radius 1 is 1.43 bits per heavy atom. The molecule has 0 bridgehead atoms. The normalized spacial score (nSPS) is 11.1. The van der Waals surface area contributed by atoms with E-state index in [1.807, 2.05) is 20.8 Å². The summed E-state index contributed by atoms with van der Waals surface area (Å²) in [6.45, 7) is 6.13. The molecule has 0 amide bonds. The molecule has 0 radical (unpaired) electrons. The molecule has 1 rings (SSSR count). The van der Waals surface area contributed by atoms with Crippen molar-refractivity contribution < 1.29 is 9.63 Å². The van der Waals surface area contributed by atoms with E-state index in [-0.39, 0.29) is 5.41 Å². The van der Waals surface area contributed by atoms with E-state index in [2.05, 4.69) is 9.82 Å². The zero-order valence-electron chi connectivity index (χ0n) is 8.57. The zero-order valence-corrected chi connectivity index (χ0v) is 8.57.